The monoisotopic (exact) mass is 288 g/mol. The normalized spacial score (nSPS) is 31.0. The Kier molecular flexibility index (Phi) is 5.26. The van der Waals surface area contributed by atoms with Gasteiger partial charge in [-0.15, -0.1) is 0 Å². The second kappa shape index (κ2) is 6.55. The molecule has 4 nitrogen and oxygen atoms in total. The first-order chi connectivity index (χ1) is 8.98. The summed E-state index contributed by atoms with van der Waals surface area (Å²) in [5, 5.41) is 3.68. The molecule has 0 amide bonds. The fraction of sp³-hybridized carbons (Fsp3) is 1.00. The number of rotatable bonds is 7. The molecule has 2 fully saturated rings. The van der Waals surface area contributed by atoms with Gasteiger partial charge < -0.3 is 10.2 Å². The van der Waals surface area contributed by atoms with E-state index in [4.69, 9.17) is 0 Å². The molecule has 2 unspecified atom stereocenters. The van der Waals surface area contributed by atoms with Gasteiger partial charge in [-0.05, 0) is 51.6 Å². The van der Waals surface area contributed by atoms with Crippen molar-refractivity contribution in [2.24, 2.45) is 0 Å². The van der Waals surface area contributed by atoms with Crippen LogP contribution in [-0.2, 0) is 9.84 Å². The highest BCUT2D eigenvalue weighted by Gasteiger charge is 2.35. The molecule has 0 spiro atoms. The van der Waals surface area contributed by atoms with E-state index in [0.717, 1.165) is 25.9 Å². The van der Waals surface area contributed by atoms with Crippen molar-refractivity contribution in [2.45, 2.75) is 63.6 Å². The minimum absolute atomic E-state index is 0.324. The van der Waals surface area contributed by atoms with Gasteiger partial charge in [0.15, 0.2) is 0 Å². The van der Waals surface area contributed by atoms with Crippen molar-refractivity contribution in [3.05, 3.63) is 0 Å². The third-order valence-electron chi connectivity index (χ3n) is 4.44. The van der Waals surface area contributed by atoms with E-state index in [2.05, 4.69) is 17.1 Å². The van der Waals surface area contributed by atoms with Crippen LogP contribution < -0.4 is 5.32 Å². The number of hydrogen-bond acceptors (Lipinski definition) is 4. The predicted molar refractivity (Wildman–Crippen MR) is 79.2 cm³/mol. The van der Waals surface area contributed by atoms with Gasteiger partial charge in [-0.2, -0.15) is 0 Å². The highest BCUT2D eigenvalue weighted by Crippen LogP contribution is 2.29. The van der Waals surface area contributed by atoms with Crippen LogP contribution in [0.15, 0.2) is 0 Å². The first kappa shape index (κ1) is 15.3. The van der Waals surface area contributed by atoms with Gasteiger partial charge >= 0.3 is 0 Å². The number of nitrogens with zero attached hydrogens (tertiary/aromatic N) is 1. The van der Waals surface area contributed by atoms with E-state index in [9.17, 15) is 8.42 Å². The lowest BCUT2D eigenvalue weighted by Crippen LogP contribution is -2.48. The molecule has 2 aliphatic heterocycles. The summed E-state index contributed by atoms with van der Waals surface area (Å²) in [6.07, 6.45) is 8.40. The Morgan fingerprint density at radius 1 is 1.16 bits per heavy atom. The Morgan fingerprint density at radius 2 is 1.79 bits per heavy atom. The number of sulfone groups is 1. The lowest BCUT2D eigenvalue weighted by Gasteiger charge is -2.37. The summed E-state index contributed by atoms with van der Waals surface area (Å²) in [4.78, 5) is 2.54. The third kappa shape index (κ3) is 4.72. The largest absolute Gasteiger partial charge is 0.311 e. The van der Waals surface area contributed by atoms with E-state index in [1.54, 1.807) is 0 Å². The highest BCUT2D eigenvalue weighted by atomic mass is 32.2. The van der Waals surface area contributed by atoms with E-state index < -0.39 is 9.84 Å². The predicted octanol–water partition coefficient (Wildman–Crippen LogP) is 1.42. The second-order valence-corrected chi connectivity index (χ2v) is 8.54. The number of hydrogen-bond donors (Lipinski definition) is 1. The Bertz CT molecular complexity index is 371. The molecule has 0 aromatic rings. The molecule has 0 aliphatic carbocycles. The molecule has 2 saturated heterocycles. The van der Waals surface area contributed by atoms with E-state index in [1.807, 2.05) is 0 Å². The van der Waals surface area contributed by atoms with Crippen molar-refractivity contribution in [3.8, 4) is 0 Å². The zero-order chi connectivity index (χ0) is 13.9. The van der Waals surface area contributed by atoms with Crippen LogP contribution in [0.4, 0.5) is 0 Å². The zero-order valence-corrected chi connectivity index (χ0v) is 13.1. The highest BCUT2D eigenvalue weighted by molar-refractivity contribution is 7.90. The van der Waals surface area contributed by atoms with Gasteiger partial charge in [0.05, 0.1) is 5.75 Å². The minimum atomic E-state index is -2.81. The number of piperidine rings is 1. The molecule has 2 atom stereocenters. The van der Waals surface area contributed by atoms with Crippen LogP contribution in [0.5, 0.6) is 0 Å². The molecule has 2 rings (SSSR count). The SMILES string of the molecule is CCCN(CCCS(C)(=O)=O)C1CC2CCC(C1)N2. The average Bonchev–Trinajstić information content (AvgIpc) is 2.66. The summed E-state index contributed by atoms with van der Waals surface area (Å²) in [6.45, 7) is 4.25. The topological polar surface area (TPSA) is 49.4 Å². The Morgan fingerprint density at radius 3 is 2.32 bits per heavy atom. The van der Waals surface area contributed by atoms with E-state index in [1.165, 1.54) is 31.9 Å². The molecule has 2 aliphatic rings. The molecule has 5 heteroatoms. The van der Waals surface area contributed by atoms with Crippen LogP contribution in [0.1, 0.15) is 45.4 Å². The average molecular weight is 288 g/mol. The lowest BCUT2D eigenvalue weighted by atomic mass is 9.98. The minimum Gasteiger partial charge on any atom is -0.311 e. The maximum absolute atomic E-state index is 11.2. The first-order valence-corrected chi connectivity index (χ1v) is 9.72. The van der Waals surface area contributed by atoms with Crippen molar-refractivity contribution in [2.75, 3.05) is 25.1 Å². The first-order valence-electron chi connectivity index (χ1n) is 7.65. The van der Waals surface area contributed by atoms with Crippen molar-refractivity contribution in [1.29, 1.82) is 0 Å². The Hall–Kier alpha value is -0.130. The molecule has 112 valence electrons. The molecule has 0 aromatic heterocycles. The number of nitrogens with one attached hydrogen (secondary N) is 1. The molecule has 2 heterocycles. The van der Waals surface area contributed by atoms with Crippen LogP contribution >= 0.6 is 0 Å². The second-order valence-electron chi connectivity index (χ2n) is 6.28. The number of fused-ring (bicyclic) bond motifs is 2. The lowest BCUT2D eigenvalue weighted by molar-refractivity contribution is 0.141. The summed E-state index contributed by atoms with van der Waals surface area (Å²) in [6, 6.07) is 2.08. The van der Waals surface area contributed by atoms with Crippen LogP contribution in [-0.4, -0.2) is 56.5 Å². The fourth-order valence-electron chi connectivity index (χ4n) is 3.62. The van der Waals surface area contributed by atoms with Crippen LogP contribution in [0, 0.1) is 0 Å². The molecule has 0 saturated carbocycles. The van der Waals surface area contributed by atoms with Crippen molar-refractivity contribution in [3.63, 3.8) is 0 Å². The summed E-state index contributed by atoms with van der Waals surface area (Å²) >= 11 is 0. The van der Waals surface area contributed by atoms with E-state index in [0.29, 0.717) is 23.9 Å². The molecule has 19 heavy (non-hydrogen) atoms. The molecular weight excluding hydrogens is 260 g/mol. The fourth-order valence-corrected chi connectivity index (χ4v) is 4.27. The van der Waals surface area contributed by atoms with Crippen LogP contribution in [0.3, 0.4) is 0 Å². The van der Waals surface area contributed by atoms with Gasteiger partial charge in [-0.25, -0.2) is 8.42 Å². The summed E-state index contributed by atoms with van der Waals surface area (Å²) in [5.41, 5.74) is 0. The maximum Gasteiger partial charge on any atom is 0.147 e. The standard InChI is InChI=1S/C14H28N2O2S/c1-3-7-16(8-4-9-19(2,17)18)14-10-12-5-6-13(11-14)15-12/h12-15H,3-11H2,1-2H3. The quantitative estimate of drug-likeness (QED) is 0.770. The molecule has 2 bridgehead atoms. The van der Waals surface area contributed by atoms with E-state index >= 15 is 0 Å². The smallest absolute Gasteiger partial charge is 0.147 e. The molecule has 0 aromatic carbocycles. The third-order valence-corrected chi connectivity index (χ3v) is 5.47. The van der Waals surface area contributed by atoms with E-state index in [-0.39, 0.29) is 0 Å². The Balaban J connectivity index is 1.85. The molecular formula is C14H28N2O2S. The van der Waals surface area contributed by atoms with Crippen molar-refractivity contribution in [1.82, 2.24) is 10.2 Å². The summed E-state index contributed by atoms with van der Waals surface area (Å²) in [5.74, 6) is 0.324. The van der Waals surface area contributed by atoms with Gasteiger partial charge in [0.2, 0.25) is 0 Å². The van der Waals surface area contributed by atoms with Gasteiger partial charge in [-0.1, -0.05) is 6.92 Å². The maximum atomic E-state index is 11.2. The summed E-state index contributed by atoms with van der Waals surface area (Å²) in [7, 11) is -2.81. The van der Waals surface area contributed by atoms with Gasteiger partial charge in [-0.3, -0.25) is 0 Å². The van der Waals surface area contributed by atoms with Crippen molar-refractivity contribution < 1.29 is 8.42 Å². The van der Waals surface area contributed by atoms with Gasteiger partial charge in [0.25, 0.3) is 0 Å². The van der Waals surface area contributed by atoms with Crippen LogP contribution in [0.2, 0.25) is 0 Å². The Labute approximate surface area is 117 Å². The zero-order valence-electron chi connectivity index (χ0n) is 12.3. The summed E-state index contributed by atoms with van der Waals surface area (Å²) < 4.78 is 22.5. The molecule has 1 N–H and O–H groups in total. The van der Waals surface area contributed by atoms with Gasteiger partial charge in [0, 0.05) is 24.4 Å². The molecule has 0 radical (unpaired) electrons. The van der Waals surface area contributed by atoms with Crippen LogP contribution in [0.25, 0.3) is 0 Å². The van der Waals surface area contributed by atoms with Crippen molar-refractivity contribution >= 4 is 9.84 Å². The van der Waals surface area contributed by atoms with Gasteiger partial charge in [0.1, 0.15) is 9.84 Å².